The fourth-order valence-corrected chi connectivity index (χ4v) is 2.65. The van der Waals surface area contributed by atoms with Crippen molar-refractivity contribution in [2.45, 2.75) is 19.4 Å². The molecule has 1 saturated heterocycles. The minimum Gasteiger partial charge on any atom is -0.381 e. The van der Waals surface area contributed by atoms with Gasteiger partial charge in [-0.05, 0) is 44.0 Å². The van der Waals surface area contributed by atoms with Crippen molar-refractivity contribution >= 4 is 5.91 Å². The van der Waals surface area contributed by atoms with Crippen molar-refractivity contribution in [3.05, 3.63) is 35.1 Å². The van der Waals surface area contributed by atoms with Crippen LogP contribution in [0.3, 0.4) is 0 Å². The van der Waals surface area contributed by atoms with Crippen LogP contribution >= 0.6 is 0 Å². The Morgan fingerprint density at radius 1 is 1.48 bits per heavy atom. The number of hydrogen-bond donors (Lipinski definition) is 2. The number of halogens is 1. The largest absolute Gasteiger partial charge is 0.381 e. The Labute approximate surface area is 124 Å². The highest BCUT2D eigenvalue weighted by atomic mass is 19.1. The molecular weight excluding hydrogens is 273 g/mol. The highest BCUT2D eigenvalue weighted by Gasteiger charge is 2.17. The van der Waals surface area contributed by atoms with E-state index >= 15 is 0 Å². The summed E-state index contributed by atoms with van der Waals surface area (Å²) in [5.74, 6) is 4.97. The summed E-state index contributed by atoms with van der Waals surface area (Å²) in [6, 6.07) is 4.29. The van der Waals surface area contributed by atoms with Crippen molar-refractivity contribution < 1.29 is 13.9 Å². The Morgan fingerprint density at radius 3 is 2.86 bits per heavy atom. The highest BCUT2D eigenvalue weighted by molar-refractivity contribution is 5.93. The first-order chi connectivity index (χ1) is 10.1. The van der Waals surface area contributed by atoms with E-state index in [0.29, 0.717) is 23.6 Å². The molecule has 6 heteroatoms. The van der Waals surface area contributed by atoms with Gasteiger partial charge in [0.15, 0.2) is 0 Å². The Bertz CT molecular complexity index is 490. The maximum Gasteiger partial charge on any atom is 0.265 e. The van der Waals surface area contributed by atoms with E-state index in [1.807, 2.05) is 7.05 Å². The van der Waals surface area contributed by atoms with E-state index in [9.17, 15) is 9.18 Å². The quantitative estimate of drug-likeness (QED) is 0.488. The van der Waals surface area contributed by atoms with Gasteiger partial charge in [0.1, 0.15) is 5.82 Å². The molecule has 0 spiro atoms. The second kappa shape index (κ2) is 7.49. The summed E-state index contributed by atoms with van der Waals surface area (Å²) < 4.78 is 19.2. The van der Waals surface area contributed by atoms with Gasteiger partial charge >= 0.3 is 0 Å². The number of nitrogen functional groups attached to an aromatic ring is 1. The number of nitrogens with one attached hydrogen (secondary N) is 1. The van der Waals surface area contributed by atoms with E-state index in [2.05, 4.69) is 10.3 Å². The number of rotatable bonds is 5. The lowest BCUT2D eigenvalue weighted by atomic mass is 9.99. The smallest absolute Gasteiger partial charge is 0.265 e. The third kappa shape index (κ3) is 4.49. The molecule has 21 heavy (non-hydrogen) atoms. The standard InChI is InChI=1S/C15H22FN3O2/c1-19(9-11-4-6-21-7-5-11)10-13-8-12(15(20)18-17)2-3-14(13)16/h2-3,8,11H,4-7,9-10,17H2,1H3,(H,18,20). The Hall–Kier alpha value is -1.50. The summed E-state index contributed by atoms with van der Waals surface area (Å²) in [6.45, 7) is 2.98. The molecule has 0 aromatic heterocycles. The number of amides is 1. The summed E-state index contributed by atoms with van der Waals surface area (Å²) in [4.78, 5) is 13.6. The molecule has 0 aliphatic carbocycles. The van der Waals surface area contributed by atoms with E-state index < -0.39 is 5.91 Å². The van der Waals surface area contributed by atoms with E-state index in [1.54, 1.807) is 6.07 Å². The van der Waals surface area contributed by atoms with Gasteiger partial charge in [0, 0.05) is 37.4 Å². The Balaban J connectivity index is 1.98. The van der Waals surface area contributed by atoms with Crippen molar-refractivity contribution in [2.75, 3.05) is 26.8 Å². The minimum atomic E-state index is -0.414. The number of carbonyl (C=O) groups excluding carboxylic acids is 1. The molecule has 1 amide bonds. The summed E-state index contributed by atoms with van der Waals surface area (Å²) in [5.41, 5.74) is 2.93. The number of nitrogens with two attached hydrogens (primary N) is 1. The number of hydrazine groups is 1. The Morgan fingerprint density at radius 2 is 2.19 bits per heavy atom. The van der Waals surface area contributed by atoms with Crippen LogP contribution in [0, 0.1) is 11.7 Å². The monoisotopic (exact) mass is 295 g/mol. The van der Waals surface area contributed by atoms with Gasteiger partial charge in [-0.2, -0.15) is 0 Å². The number of hydrogen-bond acceptors (Lipinski definition) is 4. The van der Waals surface area contributed by atoms with E-state index in [0.717, 1.165) is 32.6 Å². The molecule has 1 aliphatic heterocycles. The maximum atomic E-state index is 13.9. The van der Waals surface area contributed by atoms with Crippen molar-refractivity contribution in [1.82, 2.24) is 10.3 Å². The molecule has 5 nitrogen and oxygen atoms in total. The van der Waals surface area contributed by atoms with E-state index in [-0.39, 0.29) is 5.82 Å². The molecule has 0 unspecified atom stereocenters. The van der Waals surface area contributed by atoms with Crippen LogP contribution in [0.2, 0.25) is 0 Å². The fraction of sp³-hybridized carbons (Fsp3) is 0.533. The van der Waals surface area contributed by atoms with Crippen molar-refractivity contribution in [1.29, 1.82) is 0 Å². The molecular formula is C15H22FN3O2. The molecule has 3 N–H and O–H groups in total. The second-order valence-corrected chi connectivity index (χ2v) is 5.53. The number of nitrogens with zero attached hydrogens (tertiary/aromatic N) is 1. The van der Waals surface area contributed by atoms with Gasteiger partial charge in [-0.3, -0.25) is 10.2 Å². The van der Waals surface area contributed by atoms with Gasteiger partial charge in [-0.1, -0.05) is 0 Å². The predicted molar refractivity (Wildman–Crippen MR) is 77.9 cm³/mol. The molecule has 0 radical (unpaired) electrons. The van der Waals surface area contributed by atoms with Crippen LogP contribution in [0.4, 0.5) is 4.39 Å². The average molecular weight is 295 g/mol. The van der Waals surface area contributed by atoms with Crippen molar-refractivity contribution in [3.63, 3.8) is 0 Å². The van der Waals surface area contributed by atoms with Crippen molar-refractivity contribution in [3.8, 4) is 0 Å². The van der Waals surface area contributed by atoms with E-state index in [1.165, 1.54) is 12.1 Å². The van der Waals surface area contributed by atoms with Gasteiger partial charge in [0.05, 0.1) is 0 Å². The SMILES string of the molecule is CN(Cc1cc(C(=O)NN)ccc1F)CC1CCOCC1. The first-order valence-corrected chi connectivity index (χ1v) is 7.16. The van der Waals surface area contributed by atoms with Gasteiger partial charge in [-0.15, -0.1) is 0 Å². The van der Waals surface area contributed by atoms with Crippen LogP contribution < -0.4 is 11.3 Å². The lowest BCUT2D eigenvalue weighted by Gasteiger charge is -2.27. The third-order valence-corrected chi connectivity index (χ3v) is 3.79. The molecule has 1 aromatic rings. The zero-order valence-corrected chi connectivity index (χ0v) is 12.3. The lowest BCUT2D eigenvalue weighted by molar-refractivity contribution is 0.0548. The van der Waals surface area contributed by atoms with Gasteiger partial charge in [0.2, 0.25) is 0 Å². The first-order valence-electron chi connectivity index (χ1n) is 7.16. The summed E-state index contributed by atoms with van der Waals surface area (Å²) in [6.07, 6.45) is 2.09. The lowest BCUT2D eigenvalue weighted by Crippen LogP contribution is -2.31. The summed E-state index contributed by atoms with van der Waals surface area (Å²) >= 11 is 0. The van der Waals surface area contributed by atoms with Gasteiger partial charge in [0.25, 0.3) is 5.91 Å². The van der Waals surface area contributed by atoms with Crippen molar-refractivity contribution in [2.24, 2.45) is 11.8 Å². The number of carbonyl (C=O) groups is 1. The molecule has 2 rings (SSSR count). The van der Waals surface area contributed by atoms with Crippen LogP contribution in [0.1, 0.15) is 28.8 Å². The van der Waals surface area contributed by atoms with Crippen LogP contribution in [0.15, 0.2) is 18.2 Å². The summed E-state index contributed by atoms with van der Waals surface area (Å²) in [5, 5.41) is 0. The molecule has 116 valence electrons. The number of benzene rings is 1. The topological polar surface area (TPSA) is 67.6 Å². The molecule has 0 saturated carbocycles. The second-order valence-electron chi connectivity index (χ2n) is 5.53. The van der Waals surface area contributed by atoms with Gasteiger partial charge < -0.3 is 9.64 Å². The van der Waals surface area contributed by atoms with Crippen LogP contribution in [0.25, 0.3) is 0 Å². The molecule has 1 fully saturated rings. The zero-order valence-electron chi connectivity index (χ0n) is 12.3. The molecule has 0 bridgehead atoms. The maximum absolute atomic E-state index is 13.9. The normalized spacial score (nSPS) is 16.2. The highest BCUT2D eigenvalue weighted by Crippen LogP contribution is 2.18. The average Bonchev–Trinajstić information content (AvgIpc) is 2.49. The molecule has 1 aliphatic rings. The van der Waals surface area contributed by atoms with Crippen LogP contribution in [-0.4, -0.2) is 37.6 Å². The first kappa shape index (κ1) is 15.9. The molecule has 1 heterocycles. The number of ether oxygens (including phenoxy) is 1. The summed E-state index contributed by atoms with van der Waals surface area (Å²) in [7, 11) is 1.96. The van der Waals surface area contributed by atoms with E-state index in [4.69, 9.17) is 10.6 Å². The predicted octanol–water partition coefficient (Wildman–Crippen LogP) is 1.29. The van der Waals surface area contributed by atoms with Crippen LogP contribution in [0.5, 0.6) is 0 Å². The molecule has 1 aromatic carbocycles. The fourth-order valence-electron chi connectivity index (χ4n) is 2.65. The minimum absolute atomic E-state index is 0.303. The molecule has 0 atom stereocenters. The van der Waals surface area contributed by atoms with Gasteiger partial charge in [-0.25, -0.2) is 10.2 Å². The third-order valence-electron chi connectivity index (χ3n) is 3.79. The van der Waals surface area contributed by atoms with Crippen LogP contribution in [-0.2, 0) is 11.3 Å². The Kier molecular flexibility index (Phi) is 5.67. The zero-order chi connectivity index (χ0) is 15.2.